The van der Waals surface area contributed by atoms with Crippen LogP contribution in [0.15, 0.2) is 29.2 Å². The minimum Gasteiger partial charge on any atom is -0.744 e. The first-order valence-electron chi connectivity index (χ1n) is 15.7. The third-order valence-electron chi connectivity index (χ3n) is 8.22. The minimum atomic E-state index is -4.36. The molecule has 0 bridgehead atoms. The van der Waals surface area contributed by atoms with Crippen molar-refractivity contribution in [1.82, 2.24) is 0 Å². The summed E-state index contributed by atoms with van der Waals surface area (Å²) in [5.74, 6) is 0. The van der Waals surface area contributed by atoms with Crippen LogP contribution in [-0.4, -0.2) is 37.6 Å². The lowest BCUT2D eigenvalue weighted by Crippen LogP contribution is -2.04. The summed E-state index contributed by atoms with van der Waals surface area (Å²) < 4.78 is 33.8. The van der Waals surface area contributed by atoms with E-state index in [2.05, 4.69) is 34.6 Å². The van der Waals surface area contributed by atoms with Gasteiger partial charge in [0, 0.05) is 7.26 Å². The van der Waals surface area contributed by atoms with Crippen molar-refractivity contribution in [3.63, 3.8) is 0 Å². The molecular weight excluding hydrogens is 495 g/mol. The van der Waals surface area contributed by atoms with E-state index in [0.717, 1.165) is 12.8 Å². The van der Waals surface area contributed by atoms with Gasteiger partial charge in [-0.15, -0.1) is 0 Å². The highest BCUT2D eigenvalue weighted by Crippen LogP contribution is 2.57. The van der Waals surface area contributed by atoms with E-state index in [1.165, 1.54) is 121 Å². The summed E-state index contributed by atoms with van der Waals surface area (Å²) in [6.45, 7) is 11.7. The molecule has 1 rings (SSSR count). The first-order chi connectivity index (χ1) is 17.8. The second-order valence-corrected chi connectivity index (χ2v) is 17.3. The predicted octanol–water partition coefficient (Wildman–Crippen LogP) is 10.5. The molecular formula is C32H61O3PS. The van der Waals surface area contributed by atoms with Gasteiger partial charge in [-0.2, -0.15) is 0 Å². The van der Waals surface area contributed by atoms with Crippen molar-refractivity contribution >= 4 is 17.4 Å². The van der Waals surface area contributed by atoms with Crippen LogP contribution in [0.2, 0.25) is 0 Å². The molecule has 0 aliphatic rings. The number of hydrogen-bond donors (Lipinski definition) is 0. The first-order valence-corrected chi connectivity index (χ1v) is 19.6. The third kappa shape index (κ3) is 18.5. The molecule has 0 aromatic heterocycles. The zero-order valence-corrected chi connectivity index (χ0v) is 26.9. The van der Waals surface area contributed by atoms with Gasteiger partial charge in [-0.3, -0.25) is 0 Å². The average Bonchev–Trinajstić information content (AvgIpc) is 2.90. The van der Waals surface area contributed by atoms with Crippen LogP contribution in [0.3, 0.4) is 0 Å². The second kappa shape index (κ2) is 23.4. The molecule has 0 aliphatic heterocycles. The highest BCUT2D eigenvalue weighted by molar-refractivity contribution is 7.85. The van der Waals surface area contributed by atoms with E-state index in [1.54, 1.807) is 18.2 Å². The van der Waals surface area contributed by atoms with Crippen molar-refractivity contribution < 1.29 is 13.0 Å². The molecule has 0 saturated heterocycles. The van der Waals surface area contributed by atoms with Crippen molar-refractivity contribution in [2.75, 3.05) is 24.6 Å². The van der Waals surface area contributed by atoms with Crippen molar-refractivity contribution in [2.45, 2.75) is 149 Å². The Balaban J connectivity index is 0.00000122. The number of aryl methyl sites for hydroxylation is 1. The summed E-state index contributed by atoms with van der Waals surface area (Å²) in [4.78, 5) is -0.0454. The average molecular weight is 557 g/mol. The zero-order chi connectivity index (χ0) is 27.8. The molecule has 0 aliphatic carbocycles. The van der Waals surface area contributed by atoms with Crippen LogP contribution in [0.4, 0.5) is 0 Å². The second-order valence-electron chi connectivity index (χ2n) is 10.7. The maximum Gasteiger partial charge on any atom is 0.124 e. The van der Waals surface area contributed by atoms with Crippen LogP contribution in [-0.2, 0) is 16.5 Å². The summed E-state index contributed by atoms with van der Waals surface area (Å²) in [6, 6.07) is 6.60. The molecule has 0 atom stereocenters. The van der Waals surface area contributed by atoms with Crippen molar-refractivity contribution in [3.05, 3.63) is 29.8 Å². The smallest absolute Gasteiger partial charge is 0.124 e. The lowest BCUT2D eigenvalue weighted by Gasteiger charge is -2.20. The Bertz CT molecular complexity index is 727. The largest absolute Gasteiger partial charge is 0.744 e. The summed E-state index contributed by atoms with van der Waals surface area (Å²) >= 11 is 0. The lowest BCUT2D eigenvalue weighted by molar-refractivity contribution is 0.461. The maximum absolute atomic E-state index is 11.3. The Labute approximate surface area is 233 Å². The highest BCUT2D eigenvalue weighted by Gasteiger charge is 2.27. The van der Waals surface area contributed by atoms with E-state index in [-0.39, 0.29) is 4.90 Å². The van der Waals surface area contributed by atoms with Gasteiger partial charge in [0.15, 0.2) is 0 Å². The first kappa shape index (κ1) is 36.6. The Morgan fingerprint density at radius 3 is 1.24 bits per heavy atom. The van der Waals surface area contributed by atoms with E-state index >= 15 is 0 Å². The van der Waals surface area contributed by atoms with Gasteiger partial charge in [0.2, 0.25) is 0 Å². The van der Waals surface area contributed by atoms with Gasteiger partial charge in [0.05, 0.1) is 29.5 Å². The monoisotopic (exact) mass is 556 g/mol. The SMILES string of the molecule is CCCCCCCCCCCCCCCCCCc1ccccc1S(=O)(=O)[O-].CC[P+](CC)(CC)CC. The molecule has 0 radical (unpaired) electrons. The molecule has 0 heterocycles. The fourth-order valence-corrected chi connectivity index (χ4v) is 8.58. The van der Waals surface area contributed by atoms with Crippen LogP contribution in [0.5, 0.6) is 0 Å². The Kier molecular flexibility index (Phi) is 23.2. The van der Waals surface area contributed by atoms with Crippen LogP contribution >= 0.6 is 7.26 Å². The van der Waals surface area contributed by atoms with Gasteiger partial charge in [0.25, 0.3) is 0 Å². The standard InChI is InChI=1S/C24H42O3S.C8H20P/c1-2-3-4-5-6-7-8-9-10-11-12-13-14-15-16-17-20-23-21-18-19-22-24(23)28(25,26)27;1-5-9(6-2,7-3)8-4/h18-19,21-22H,2-17,20H2,1H3,(H,25,26,27);5-8H2,1-4H3/q;+1/p-1. The van der Waals surface area contributed by atoms with E-state index in [4.69, 9.17) is 0 Å². The molecule has 0 N–H and O–H groups in total. The Hall–Kier alpha value is -0.440. The lowest BCUT2D eigenvalue weighted by atomic mass is 10.0. The van der Waals surface area contributed by atoms with Crippen molar-refractivity contribution in [1.29, 1.82) is 0 Å². The molecule has 0 unspecified atom stereocenters. The molecule has 1 aromatic carbocycles. The van der Waals surface area contributed by atoms with Gasteiger partial charge in [-0.05, 0) is 52.2 Å². The van der Waals surface area contributed by atoms with Crippen LogP contribution < -0.4 is 0 Å². The van der Waals surface area contributed by atoms with Crippen molar-refractivity contribution in [2.24, 2.45) is 0 Å². The van der Waals surface area contributed by atoms with Crippen LogP contribution in [0.1, 0.15) is 143 Å². The van der Waals surface area contributed by atoms with Crippen LogP contribution in [0, 0.1) is 0 Å². The van der Waals surface area contributed by atoms with E-state index in [0.29, 0.717) is 12.0 Å². The fraction of sp³-hybridized carbons (Fsp3) is 0.812. The Morgan fingerprint density at radius 2 is 0.919 bits per heavy atom. The molecule has 218 valence electrons. The van der Waals surface area contributed by atoms with E-state index in [1.807, 2.05) is 0 Å². The summed E-state index contributed by atoms with van der Waals surface area (Å²) in [7, 11) is -4.78. The number of unbranched alkanes of at least 4 members (excludes halogenated alkanes) is 15. The van der Waals surface area contributed by atoms with Crippen molar-refractivity contribution in [3.8, 4) is 0 Å². The normalized spacial score (nSPS) is 11.8. The molecule has 0 amide bonds. The molecule has 0 spiro atoms. The molecule has 0 saturated carbocycles. The molecule has 0 fully saturated rings. The minimum absolute atomic E-state index is 0.0454. The quantitative estimate of drug-likeness (QED) is 0.0810. The Morgan fingerprint density at radius 1 is 0.568 bits per heavy atom. The molecule has 3 nitrogen and oxygen atoms in total. The molecule has 5 heteroatoms. The third-order valence-corrected chi connectivity index (χ3v) is 14.5. The van der Waals surface area contributed by atoms with Gasteiger partial charge < -0.3 is 4.55 Å². The topological polar surface area (TPSA) is 57.2 Å². The molecule has 1 aromatic rings. The summed E-state index contributed by atoms with van der Waals surface area (Å²) in [5.41, 5.74) is 0.669. The summed E-state index contributed by atoms with van der Waals surface area (Å²) in [6.07, 6.45) is 27.6. The maximum atomic E-state index is 11.3. The number of hydrogen-bond acceptors (Lipinski definition) is 3. The zero-order valence-electron chi connectivity index (χ0n) is 25.2. The van der Waals surface area contributed by atoms with Crippen LogP contribution in [0.25, 0.3) is 0 Å². The van der Waals surface area contributed by atoms with E-state index < -0.39 is 17.4 Å². The van der Waals surface area contributed by atoms with Gasteiger partial charge >= 0.3 is 0 Å². The highest BCUT2D eigenvalue weighted by atomic mass is 32.2. The molecule has 37 heavy (non-hydrogen) atoms. The van der Waals surface area contributed by atoms with Gasteiger partial charge in [-0.1, -0.05) is 121 Å². The van der Waals surface area contributed by atoms with E-state index in [9.17, 15) is 13.0 Å². The number of benzene rings is 1. The van der Waals surface area contributed by atoms with Gasteiger partial charge in [0.1, 0.15) is 10.1 Å². The fourth-order valence-electron chi connectivity index (χ4n) is 5.16. The number of rotatable bonds is 22. The van der Waals surface area contributed by atoms with Gasteiger partial charge in [-0.25, -0.2) is 8.42 Å². The predicted molar refractivity (Wildman–Crippen MR) is 167 cm³/mol. The summed E-state index contributed by atoms with van der Waals surface area (Å²) in [5, 5.41) is 0.